The van der Waals surface area contributed by atoms with Crippen LogP contribution in [0.25, 0.3) is 0 Å². The Morgan fingerprint density at radius 2 is 1.87 bits per heavy atom. The molecule has 1 rings (SSSR count). The zero-order valence-electron chi connectivity index (χ0n) is 10.9. The molecule has 1 nitrogen and oxygen atoms in total. The van der Waals surface area contributed by atoms with Gasteiger partial charge >= 0.3 is 0 Å². The first kappa shape index (κ1) is 12.8. The van der Waals surface area contributed by atoms with Gasteiger partial charge in [-0.2, -0.15) is 0 Å². The molecule has 2 unspecified atom stereocenters. The second kappa shape index (κ2) is 4.29. The van der Waals surface area contributed by atoms with Gasteiger partial charge in [-0.15, -0.1) is 0 Å². The van der Waals surface area contributed by atoms with Crippen molar-refractivity contribution in [3.8, 4) is 0 Å². The fourth-order valence-electron chi connectivity index (χ4n) is 3.04. The van der Waals surface area contributed by atoms with Gasteiger partial charge in [-0.1, -0.05) is 45.3 Å². The highest BCUT2D eigenvalue weighted by Gasteiger charge is 2.43. The molecular formula is C14H26O. The van der Waals surface area contributed by atoms with E-state index in [1.807, 2.05) is 0 Å². The molecule has 1 heteroatoms. The van der Waals surface area contributed by atoms with Gasteiger partial charge in [0.05, 0.1) is 5.60 Å². The first-order chi connectivity index (χ1) is 6.76. The molecule has 1 saturated carbocycles. The van der Waals surface area contributed by atoms with Crippen molar-refractivity contribution in [2.24, 2.45) is 11.3 Å². The molecule has 0 aromatic carbocycles. The van der Waals surface area contributed by atoms with Crippen molar-refractivity contribution in [1.29, 1.82) is 0 Å². The summed E-state index contributed by atoms with van der Waals surface area (Å²) in [6.07, 6.45) is 6.60. The van der Waals surface area contributed by atoms with Crippen LogP contribution in [0.3, 0.4) is 0 Å². The highest BCUT2D eigenvalue weighted by molar-refractivity contribution is 5.12. The van der Waals surface area contributed by atoms with Crippen LogP contribution in [0.4, 0.5) is 0 Å². The first-order valence-corrected chi connectivity index (χ1v) is 6.14. The lowest BCUT2D eigenvalue weighted by Gasteiger charge is -2.45. The predicted octanol–water partition coefficient (Wildman–Crippen LogP) is 3.92. The molecule has 0 saturated heterocycles. The topological polar surface area (TPSA) is 20.2 Å². The van der Waals surface area contributed by atoms with E-state index in [4.69, 9.17) is 0 Å². The maximum atomic E-state index is 10.8. The Labute approximate surface area is 94.6 Å². The fraction of sp³-hybridized carbons (Fsp3) is 0.857. The summed E-state index contributed by atoms with van der Waals surface area (Å²) in [5.74, 6) is 0.397. The van der Waals surface area contributed by atoms with Crippen LogP contribution < -0.4 is 0 Å². The maximum Gasteiger partial charge on any atom is 0.0863 e. The minimum atomic E-state index is -0.560. The Morgan fingerprint density at radius 1 is 1.27 bits per heavy atom. The number of hydrogen-bond donors (Lipinski definition) is 1. The Kier molecular flexibility index (Phi) is 3.65. The molecule has 1 N–H and O–H groups in total. The molecule has 88 valence electrons. The first-order valence-electron chi connectivity index (χ1n) is 6.14. The summed E-state index contributed by atoms with van der Waals surface area (Å²) in [5.41, 5.74) is 0.866. The summed E-state index contributed by atoms with van der Waals surface area (Å²) in [6.45, 7) is 10.9. The van der Waals surface area contributed by atoms with Crippen molar-refractivity contribution in [3.63, 3.8) is 0 Å². The molecule has 1 aliphatic carbocycles. The van der Waals surface area contributed by atoms with E-state index in [9.17, 15) is 5.11 Å². The maximum absolute atomic E-state index is 10.8. The van der Waals surface area contributed by atoms with Gasteiger partial charge in [0.1, 0.15) is 0 Å². The van der Waals surface area contributed by atoms with E-state index in [-0.39, 0.29) is 5.41 Å². The van der Waals surface area contributed by atoms with Gasteiger partial charge in [0, 0.05) is 0 Å². The quantitative estimate of drug-likeness (QED) is 0.650. The minimum absolute atomic E-state index is 0.196. The van der Waals surface area contributed by atoms with Crippen molar-refractivity contribution in [2.75, 3.05) is 0 Å². The molecule has 0 spiro atoms. The van der Waals surface area contributed by atoms with E-state index in [1.165, 1.54) is 12.0 Å². The minimum Gasteiger partial charge on any atom is -0.385 e. The molecule has 0 amide bonds. The molecule has 0 aromatic heterocycles. The summed E-state index contributed by atoms with van der Waals surface area (Å²) < 4.78 is 0. The van der Waals surface area contributed by atoms with Gasteiger partial charge in [0.25, 0.3) is 0 Å². The summed E-state index contributed by atoms with van der Waals surface area (Å²) in [4.78, 5) is 0. The third-order valence-electron chi connectivity index (χ3n) is 3.51. The monoisotopic (exact) mass is 210 g/mol. The predicted molar refractivity (Wildman–Crippen MR) is 65.8 cm³/mol. The number of allylic oxidation sites excluding steroid dienone is 1. The van der Waals surface area contributed by atoms with Crippen LogP contribution in [0, 0.1) is 11.3 Å². The average molecular weight is 210 g/mol. The third kappa shape index (κ3) is 3.07. The van der Waals surface area contributed by atoms with Gasteiger partial charge in [-0.05, 0) is 38.0 Å². The van der Waals surface area contributed by atoms with Crippen LogP contribution >= 0.6 is 0 Å². The lowest BCUT2D eigenvalue weighted by Crippen LogP contribution is -2.45. The van der Waals surface area contributed by atoms with Gasteiger partial charge in [-0.25, -0.2) is 0 Å². The molecule has 15 heavy (non-hydrogen) atoms. The SMILES string of the molecule is CC(C)=CC1(O)CCCCC1C(C)(C)C. The van der Waals surface area contributed by atoms with E-state index >= 15 is 0 Å². The Hall–Kier alpha value is -0.300. The molecule has 1 fully saturated rings. The molecule has 1 aliphatic rings. The summed E-state index contributed by atoms with van der Waals surface area (Å²) in [7, 11) is 0. The van der Waals surface area contributed by atoms with Crippen LogP contribution in [0.2, 0.25) is 0 Å². The molecule has 0 bridgehead atoms. The summed E-state index contributed by atoms with van der Waals surface area (Å²) in [5, 5.41) is 10.8. The summed E-state index contributed by atoms with van der Waals surface area (Å²) >= 11 is 0. The van der Waals surface area contributed by atoms with E-state index in [0.717, 1.165) is 19.3 Å². The normalized spacial score (nSPS) is 32.5. The van der Waals surface area contributed by atoms with Crippen LogP contribution in [-0.2, 0) is 0 Å². The standard InChI is InChI=1S/C14H26O/c1-11(2)10-14(15)9-7-6-8-12(14)13(3,4)5/h10,12,15H,6-9H2,1-5H3. The number of hydrogen-bond acceptors (Lipinski definition) is 1. The molecular weight excluding hydrogens is 184 g/mol. The van der Waals surface area contributed by atoms with Gasteiger partial charge in [0.15, 0.2) is 0 Å². The van der Waals surface area contributed by atoms with Crippen LogP contribution in [0.5, 0.6) is 0 Å². The lowest BCUT2D eigenvalue weighted by atomic mass is 9.63. The molecule has 0 aliphatic heterocycles. The average Bonchev–Trinajstić information content (AvgIpc) is 1.99. The van der Waals surface area contributed by atoms with Crippen LogP contribution in [0.1, 0.15) is 60.3 Å². The van der Waals surface area contributed by atoms with E-state index < -0.39 is 5.60 Å². The number of aliphatic hydroxyl groups is 1. The van der Waals surface area contributed by atoms with Crippen LogP contribution in [0.15, 0.2) is 11.6 Å². The van der Waals surface area contributed by atoms with Gasteiger partial charge in [-0.3, -0.25) is 0 Å². The molecule has 0 heterocycles. The smallest absolute Gasteiger partial charge is 0.0863 e. The van der Waals surface area contributed by atoms with Crippen LogP contribution in [-0.4, -0.2) is 10.7 Å². The second-order valence-corrected chi connectivity index (χ2v) is 6.38. The Balaban J connectivity index is 2.96. The zero-order chi connectivity index (χ0) is 11.7. The van der Waals surface area contributed by atoms with Crippen molar-refractivity contribution in [3.05, 3.63) is 11.6 Å². The van der Waals surface area contributed by atoms with Gasteiger partial charge in [0.2, 0.25) is 0 Å². The lowest BCUT2D eigenvalue weighted by molar-refractivity contribution is -0.0528. The Bertz CT molecular complexity index is 243. The molecule has 2 atom stereocenters. The second-order valence-electron chi connectivity index (χ2n) is 6.38. The fourth-order valence-corrected chi connectivity index (χ4v) is 3.04. The largest absolute Gasteiger partial charge is 0.385 e. The van der Waals surface area contributed by atoms with Crippen molar-refractivity contribution in [1.82, 2.24) is 0 Å². The van der Waals surface area contributed by atoms with E-state index in [0.29, 0.717) is 5.92 Å². The molecule has 0 aromatic rings. The van der Waals surface area contributed by atoms with Crippen molar-refractivity contribution >= 4 is 0 Å². The van der Waals surface area contributed by atoms with Crippen molar-refractivity contribution < 1.29 is 5.11 Å². The third-order valence-corrected chi connectivity index (χ3v) is 3.51. The Morgan fingerprint density at radius 3 is 2.33 bits per heavy atom. The highest BCUT2D eigenvalue weighted by Crippen LogP contribution is 2.45. The summed E-state index contributed by atoms with van der Waals surface area (Å²) in [6, 6.07) is 0. The molecule has 0 radical (unpaired) electrons. The highest BCUT2D eigenvalue weighted by atomic mass is 16.3. The van der Waals surface area contributed by atoms with Crippen molar-refractivity contribution in [2.45, 2.75) is 65.9 Å². The van der Waals surface area contributed by atoms with E-state index in [1.54, 1.807) is 0 Å². The van der Waals surface area contributed by atoms with E-state index in [2.05, 4.69) is 40.7 Å². The zero-order valence-corrected chi connectivity index (χ0v) is 10.9. The van der Waals surface area contributed by atoms with Gasteiger partial charge < -0.3 is 5.11 Å². The number of rotatable bonds is 1.